The van der Waals surface area contributed by atoms with Crippen LogP contribution >= 0.6 is 15.9 Å². The van der Waals surface area contributed by atoms with E-state index in [4.69, 9.17) is 0 Å². The topological polar surface area (TPSA) is 47.0 Å². The minimum absolute atomic E-state index is 0.123. The van der Waals surface area contributed by atoms with Crippen LogP contribution in [0.15, 0.2) is 34.9 Å². The Morgan fingerprint density at radius 1 is 1.19 bits per heavy atom. The SMILES string of the molecule is FC(F)Oc1ccc(Nc2cc(Br)nc(C3CC3)n2)cc1. The Hall–Kier alpha value is -1.76. The number of hydrogen-bond acceptors (Lipinski definition) is 4. The first kappa shape index (κ1) is 14.2. The van der Waals surface area contributed by atoms with Crippen molar-refractivity contribution in [2.75, 3.05) is 5.32 Å². The third kappa shape index (κ3) is 3.87. The van der Waals surface area contributed by atoms with Crippen LogP contribution in [-0.4, -0.2) is 16.6 Å². The largest absolute Gasteiger partial charge is 0.435 e. The second-order valence-corrected chi connectivity index (χ2v) is 5.55. The summed E-state index contributed by atoms with van der Waals surface area (Å²) in [5.41, 5.74) is 0.740. The quantitative estimate of drug-likeness (QED) is 0.804. The second kappa shape index (κ2) is 5.93. The summed E-state index contributed by atoms with van der Waals surface area (Å²) >= 11 is 3.37. The maximum atomic E-state index is 12.1. The van der Waals surface area contributed by atoms with Crippen LogP contribution in [0.5, 0.6) is 5.75 Å². The van der Waals surface area contributed by atoms with E-state index in [1.54, 1.807) is 18.2 Å². The van der Waals surface area contributed by atoms with Crippen molar-refractivity contribution < 1.29 is 13.5 Å². The zero-order chi connectivity index (χ0) is 14.8. The fourth-order valence-corrected chi connectivity index (χ4v) is 2.29. The molecular formula is C14H12BrF2N3O. The molecule has 0 aliphatic heterocycles. The predicted molar refractivity (Wildman–Crippen MR) is 78.1 cm³/mol. The van der Waals surface area contributed by atoms with Crippen molar-refractivity contribution in [2.45, 2.75) is 25.4 Å². The molecule has 110 valence electrons. The Morgan fingerprint density at radius 3 is 2.52 bits per heavy atom. The molecule has 0 atom stereocenters. The Kier molecular flexibility index (Phi) is 4.01. The molecule has 3 rings (SSSR count). The lowest BCUT2D eigenvalue weighted by Crippen LogP contribution is -2.02. The van der Waals surface area contributed by atoms with Crippen LogP contribution in [-0.2, 0) is 0 Å². The Balaban J connectivity index is 1.73. The first-order valence-electron chi connectivity index (χ1n) is 6.46. The number of hydrogen-bond donors (Lipinski definition) is 1. The van der Waals surface area contributed by atoms with Gasteiger partial charge < -0.3 is 10.1 Å². The molecule has 1 aliphatic rings. The Morgan fingerprint density at radius 2 is 1.90 bits per heavy atom. The lowest BCUT2D eigenvalue weighted by Gasteiger charge is -2.09. The van der Waals surface area contributed by atoms with E-state index in [1.807, 2.05) is 0 Å². The van der Waals surface area contributed by atoms with Crippen molar-refractivity contribution in [1.82, 2.24) is 9.97 Å². The second-order valence-electron chi connectivity index (χ2n) is 4.74. The van der Waals surface area contributed by atoms with Gasteiger partial charge >= 0.3 is 6.61 Å². The molecule has 4 nitrogen and oxygen atoms in total. The van der Waals surface area contributed by atoms with Crippen LogP contribution < -0.4 is 10.1 Å². The van der Waals surface area contributed by atoms with Crippen molar-refractivity contribution in [3.63, 3.8) is 0 Å². The number of nitrogens with one attached hydrogen (secondary N) is 1. The van der Waals surface area contributed by atoms with Gasteiger partial charge in [0.05, 0.1) is 0 Å². The van der Waals surface area contributed by atoms with E-state index in [9.17, 15) is 8.78 Å². The maximum absolute atomic E-state index is 12.1. The lowest BCUT2D eigenvalue weighted by molar-refractivity contribution is -0.0498. The summed E-state index contributed by atoms with van der Waals surface area (Å²) in [6, 6.07) is 8.05. The molecule has 0 unspecified atom stereocenters. The monoisotopic (exact) mass is 355 g/mol. The van der Waals surface area contributed by atoms with Gasteiger partial charge in [0, 0.05) is 17.7 Å². The molecule has 2 aromatic rings. The average molecular weight is 356 g/mol. The smallest absolute Gasteiger partial charge is 0.387 e. The molecular weight excluding hydrogens is 344 g/mol. The third-order valence-corrected chi connectivity index (χ3v) is 3.41. The molecule has 1 fully saturated rings. The molecule has 0 amide bonds. The van der Waals surface area contributed by atoms with Crippen LogP contribution in [0.3, 0.4) is 0 Å². The molecule has 21 heavy (non-hydrogen) atoms. The Bertz CT molecular complexity index is 633. The minimum atomic E-state index is -2.82. The number of alkyl halides is 2. The Labute approximate surface area is 128 Å². The van der Waals surface area contributed by atoms with Gasteiger partial charge in [-0.1, -0.05) is 0 Å². The first-order chi connectivity index (χ1) is 10.1. The first-order valence-corrected chi connectivity index (χ1v) is 7.26. The summed E-state index contributed by atoms with van der Waals surface area (Å²) in [5.74, 6) is 2.06. The van der Waals surface area contributed by atoms with Gasteiger partial charge in [-0.2, -0.15) is 8.78 Å². The van der Waals surface area contributed by atoms with Crippen LogP contribution in [0.2, 0.25) is 0 Å². The molecule has 1 saturated carbocycles. The molecule has 0 spiro atoms. The fourth-order valence-electron chi connectivity index (χ4n) is 1.89. The van der Waals surface area contributed by atoms with E-state index in [-0.39, 0.29) is 5.75 Å². The molecule has 1 aromatic carbocycles. The molecule has 1 aliphatic carbocycles. The number of nitrogens with zero attached hydrogens (tertiary/aromatic N) is 2. The van der Waals surface area contributed by atoms with Gasteiger partial charge in [0.15, 0.2) is 0 Å². The van der Waals surface area contributed by atoms with E-state index >= 15 is 0 Å². The van der Waals surface area contributed by atoms with Gasteiger partial charge in [-0.3, -0.25) is 0 Å². The molecule has 0 saturated heterocycles. The van der Waals surface area contributed by atoms with Crippen molar-refractivity contribution in [3.05, 3.63) is 40.8 Å². The van der Waals surface area contributed by atoms with Gasteiger partial charge in [-0.05, 0) is 53.0 Å². The molecule has 1 aromatic heterocycles. The summed E-state index contributed by atoms with van der Waals surface area (Å²) in [6.45, 7) is -2.82. The zero-order valence-electron chi connectivity index (χ0n) is 10.9. The third-order valence-electron chi connectivity index (χ3n) is 3.01. The highest BCUT2D eigenvalue weighted by Crippen LogP contribution is 2.39. The molecule has 1 N–H and O–H groups in total. The van der Waals surface area contributed by atoms with Crippen LogP contribution in [0.1, 0.15) is 24.6 Å². The normalized spacial score (nSPS) is 14.3. The van der Waals surface area contributed by atoms with E-state index in [0.717, 1.165) is 29.0 Å². The zero-order valence-corrected chi connectivity index (χ0v) is 12.5. The number of ether oxygens (including phenoxy) is 1. The number of halogens is 3. The molecule has 7 heteroatoms. The summed E-state index contributed by atoms with van der Waals surface area (Å²) < 4.78 is 29.2. The van der Waals surface area contributed by atoms with E-state index in [0.29, 0.717) is 11.7 Å². The van der Waals surface area contributed by atoms with E-state index in [2.05, 4.69) is 36.0 Å². The minimum Gasteiger partial charge on any atom is -0.435 e. The van der Waals surface area contributed by atoms with Crippen LogP contribution in [0, 0.1) is 0 Å². The molecule has 1 heterocycles. The van der Waals surface area contributed by atoms with Crippen LogP contribution in [0.4, 0.5) is 20.3 Å². The molecule has 0 bridgehead atoms. The van der Waals surface area contributed by atoms with E-state index in [1.165, 1.54) is 12.1 Å². The van der Waals surface area contributed by atoms with Crippen molar-refractivity contribution in [2.24, 2.45) is 0 Å². The van der Waals surface area contributed by atoms with Gasteiger partial charge in [0.2, 0.25) is 0 Å². The molecule has 0 radical (unpaired) electrons. The van der Waals surface area contributed by atoms with Gasteiger partial charge in [0.25, 0.3) is 0 Å². The highest BCUT2D eigenvalue weighted by molar-refractivity contribution is 9.10. The summed E-state index contributed by atoms with van der Waals surface area (Å²) in [4.78, 5) is 8.80. The van der Waals surface area contributed by atoms with Crippen molar-refractivity contribution in [3.8, 4) is 5.75 Å². The number of benzene rings is 1. The summed E-state index contributed by atoms with van der Waals surface area (Å²) in [6.07, 6.45) is 2.24. The predicted octanol–water partition coefficient (Wildman–Crippen LogP) is 4.46. The van der Waals surface area contributed by atoms with Crippen molar-refractivity contribution >= 4 is 27.4 Å². The van der Waals surface area contributed by atoms with E-state index < -0.39 is 6.61 Å². The van der Waals surface area contributed by atoms with Gasteiger partial charge in [-0.15, -0.1) is 0 Å². The fraction of sp³-hybridized carbons (Fsp3) is 0.286. The standard InChI is InChI=1S/C14H12BrF2N3O/c15-11-7-12(20-13(19-11)8-1-2-8)18-9-3-5-10(6-4-9)21-14(16)17/h3-8,14H,1-2H2,(H,18,19,20). The summed E-state index contributed by atoms with van der Waals surface area (Å²) in [7, 11) is 0. The van der Waals surface area contributed by atoms with Crippen LogP contribution in [0.25, 0.3) is 0 Å². The lowest BCUT2D eigenvalue weighted by atomic mass is 10.3. The average Bonchev–Trinajstić information content (AvgIpc) is 3.24. The number of aromatic nitrogens is 2. The number of rotatable bonds is 5. The highest BCUT2D eigenvalue weighted by Gasteiger charge is 2.27. The van der Waals surface area contributed by atoms with Gasteiger partial charge in [0.1, 0.15) is 22.0 Å². The van der Waals surface area contributed by atoms with Gasteiger partial charge in [-0.25, -0.2) is 9.97 Å². The highest BCUT2D eigenvalue weighted by atomic mass is 79.9. The number of anilines is 2. The summed E-state index contributed by atoms with van der Waals surface area (Å²) in [5, 5.41) is 3.12. The maximum Gasteiger partial charge on any atom is 0.387 e. The van der Waals surface area contributed by atoms with Crippen molar-refractivity contribution in [1.29, 1.82) is 0 Å².